The Hall–Kier alpha value is -4.11. The number of pyridine rings is 1. The van der Waals surface area contributed by atoms with Gasteiger partial charge in [0, 0.05) is 18.1 Å². The summed E-state index contributed by atoms with van der Waals surface area (Å²) in [7, 11) is 0. The first-order chi connectivity index (χ1) is 16.8. The van der Waals surface area contributed by atoms with Crippen molar-refractivity contribution in [2.45, 2.75) is 24.9 Å². The third-order valence-corrected chi connectivity index (χ3v) is 5.52. The fraction of sp³-hybridized carbons (Fsp3) is 0.217. The highest BCUT2D eigenvalue weighted by molar-refractivity contribution is 7.18. The molecule has 0 fully saturated rings. The van der Waals surface area contributed by atoms with E-state index in [2.05, 4.69) is 26.0 Å². The number of ether oxygens (including phenoxy) is 1. The number of para-hydroxylation sites is 1. The van der Waals surface area contributed by atoms with Gasteiger partial charge in [0.15, 0.2) is 0 Å². The molecule has 12 heteroatoms. The molecule has 180 valence electrons. The molecule has 0 saturated carbocycles. The Morgan fingerprint density at radius 3 is 2.49 bits per heavy atom. The van der Waals surface area contributed by atoms with Crippen LogP contribution in [0.4, 0.5) is 13.2 Å². The standard InChI is InChI=1S/C21H17N5OS.C2HF3O2/c22-14-16(20-25-18-8-1-2-9-19(18)28-20)17-10-12-24-21(26-17)27-13-5-7-15-6-3-4-11-23-15;3-2(4,5)1(6)7/h1-4,6,8-12,16H,5,7,13H2;(H,6,7). The number of carbonyl (C=O) groups is 1. The van der Waals surface area contributed by atoms with Crippen molar-refractivity contribution in [1.29, 1.82) is 5.26 Å². The van der Waals surface area contributed by atoms with E-state index in [0.717, 1.165) is 33.8 Å². The molecule has 1 unspecified atom stereocenters. The molecule has 35 heavy (non-hydrogen) atoms. The molecule has 1 aromatic carbocycles. The predicted molar refractivity (Wildman–Crippen MR) is 121 cm³/mol. The number of carboxylic acids is 1. The molecule has 0 radical (unpaired) electrons. The van der Waals surface area contributed by atoms with E-state index in [1.165, 1.54) is 11.3 Å². The van der Waals surface area contributed by atoms with Crippen LogP contribution in [-0.4, -0.2) is 43.8 Å². The topological polar surface area (TPSA) is 122 Å². The van der Waals surface area contributed by atoms with E-state index < -0.39 is 18.1 Å². The Labute approximate surface area is 201 Å². The summed E-state index contributed by atoms with van der Waals surface area (Å²) in [6.45, 7) is 0.485. The summed E-state index contributed by atoms with van der Waals surface area (Å²) in [4.78, 5) is 26.4. The zero-order valence-electron chi connectivity index (χ0n) is 18.0. The van der Waals surface area contributed by atoms with Gasteiger partial charge in [-0.2, -0.15) is 23.4 Å². The number of benzene rings is 1. The maximum absolute atomic E-state index is 10.6. The van der Waals surface area contributed by atoms with Crippen molar-refractivity contribution in [2.75, 3.05) is 6.61 Å². The quantitative estimate of drug-likeness (QED) is 0.359. The molecule has 0 aliphatic rings. The number of nitrogens with zero attached hydrogens (tertiary/aromatic N) is 5. The fourth-order valence-corrected chi connectivity index (χ4v) is 3.83. The first kappa shape index (κ1) is 25.5. The lowest BCUT2D eigenvalue weighted by Crippen LogP contribution is -2.21. The molecule has 0 spiro atoms. The zero-order valence-corrected chi connectivity index (χ0v) is 18.8. The third kappa shape index (κ3) is 7.44. The zero-order chi connectivity index (χ0) is 25.3. The van der Waals surface area contributed by atoms with Gasteiger partial charge in [-0.15, -0.1) is 11.3 Å². The molecular formula is C23H18F3N5O3S. The van der Waals surface area contributed by atoms with Gasteiger partial charge in [0.1, 0.15) is 10.9 Å². The fourth-order valence-electron chi connectivity index (χ4n) is 2.81. The first-order valence-electron chi connectivity index (χ1n) is 10.2. The Kier molecular flexibility index (Phi) is 8.63. The van der Waals surface area contributed by atoms with Crippen LogP contribution in [0, 0.1) is 11.3 Å². The molecule has 3 heterocycles. The number of rotatable bonds is 7. The van der Waals surface area contributed by atoms with Gasteiger partial charge in [-0.05, 0) is 43.2 Å². The molecule has 0 aliphatic carbocycles. The largest absolute Gasteiger partial charge is 0.490 e. The maximum atomic E-state index is 10.6. The third-order valence-electron chi connectivity index (χ3n) is 4.41. The lowest BCUT2D eigenvalue weighted by Gasteiger charge is -2.08. The van der Waals surface area contributed by atoms with Gasteiger partial charge < -0.3 is 9.84 Å². The molecule has 3 aromatic heterocycles. The smallest absolute Gasteiger partial charge is 0.475 e. The Balaban J connectivity index is 0.000000429. The molecule has 0 amide bonds. The summed E-state index contributed by atoms with van der Waals surface area (Å²) in [5.41, 5.74) is 2.51. The van der Waals surface area contributed by atoms with Crippen molar-refractivity contribution in [1.82, 2.24) is 19.9 Å². The average Bonchev–Trinajstić information content (AvgIpc) is 3.27. The number of halogens is 3. The van der Waals surface area contributed by atoms with Crippen LogP contribution in [0.3, 0.4) is 0 Å². The second kappa shape index (κ2) is 11.8. The van der Waals surface area contributed by atoms with Crippen molar-refractivity contribution in [2.24, 2.45) is 0 Å². The normalized spacial score (nSPS) is 11.7. The van der Waals surface area contributed by atoms with Crippen LogP contribution in [0.15, 0.2) is 60.9 Å². The number of hydrogen-bond acceptors (Lipinski definition) is 8. The molecule has 0 saturated heterocycles. The minimum atomic E-state index is -5.08. The van der Waals surface area contributed by atoms with E-state index in [-0.39, 0.29) is 6.01 Å². The number of carboxylic acid groups (broad SMARTS) is 1. The van der Waals surface area contributed by atoms with Crippen LogP contribution in [0.1, 0.15) is 28.7 Å². The van der Waals surface area contributed by atoms with E-state index in [1.54, 1.807) is 18.5 Å². The summed E-state index contributed by atoms with van der Waals surface area (Å²) >= 11 is 1.51. The first-order valence-corrected chi connectivity index (χ1v) is 11.0. The number of fused-ring (bicyclic) bond motifs is 1. The number of alkyl halides is 3. The summed E-state index contributed by atoms with van der Waals surface area (Å²) in [6, 6.07) is 18.0. The SMILES string of the molecule is N#CC(c1ccnc(OCCCc2ccccn2)n1)c1nc2ccccc2s1.O=C(O)C(F)(F)F. The molecule has 4 rings (SSSR count). The Morgan fingerprint density at radius 1 is 1.09 bits per heavy atom. The highest BCUT2D eigenvalue weighted by Gasteiger charge is 2.38. The van der Waals surface area contributed by atoms with Crippen molar-refractivity contribution in [3.63, 3.8) is 0 Å². The average molecular weight is 501 g/mol. The minimum Gasteiger partial charge on any atom is -0.475 e. The van der Waals surface area contributed by atoms with Crippen molar-refractivity contribution in [3.05, 3.63) is 77.3 Å². The lowest BCUT2D eigenvalue weighted by atomic mass is 10.1. The van der Waals surface area contributed by atoms with E-state index in [4.69, 9.17) is 14.6 Å². The molecule has 0 bridgehead atoms. The van der Waals surface area contributed by atoms with Gasteiger partial charge in [0.2, 0.25) is 0 Å². The summed E-state index contributed by atoms with van der Waals surface area (Å²) < 4.78 is 38.5. The Bertz CT molecular complexity index is 1280. The van der Waals surface area contributed by atoms with E-state index in [9.17, 15) is 18.4 Å². The number of thiazole rings is 1. The van der Waals surface area contributed by atoms with Crippen LogP contribution in [0.2, 0.25) is 0 Å². The predicted octanol–water partition coefficient (Wildman–Crippen LogP) is 4.78. The van der Waals surface area contributed by atoms with Crippen LogP contribution in [0.5, 0.6) is 6.01 Å². The summed E-state index contributed by atoms with van der Waals surface area (Å²) in [6.07, 6.45) is -0.0435. The number of aryl methyl sites for hydroxylation is 1. The van der Waals surface area contributed by atoms with Crippen LogP contribution >= 0.6 is 11.3 Å². The summed E-state index contributed by atoms with van der Waals surface area (Å²) in [5.74, 6) is -3.30. The molecule has 0 aliphatic heterocycles. The monoisotopic (exact) mass is 501 g/mol. The van der Waals surface area contributed by atoms with Crippen molar-refractivity contribution >= 4 is 27.5 Å². The van der Waals surface area contributed by atoms with Gasteiger partial charge in [0.25, 0.3) is 0 Å². The lowest BCUT2D eigenvalue weighted by molar-refractivity contribution is -0.192. The van der Waals surface area contributed by atoms with Gasteiger partial charge in [-0.3, -0.25) is 4.98 Å². The van der Waals surface area contributed by atoms with E-state index >= 15 is 0 Å². The van der Waals surface area contributed by atoms with Crippen molar-refractivity contribution < 1.29 is 27.8 Å². The van der Waals surface area contributed by atoms with Gasteiger partial charge in [0.05, 0.1) is 28.6 Å². The van der Waals surface area contributed by atoms with Crippen LogP contribution in [0.25, 0.3) is 10.2 Å². The molecule has 4 aromatic rings. The van der Waals surface area contributed by atoms with Gasteiger partial charge in [-0.1, -0.05) is 18.2 Å². The van der Waals surface area contributed by atoms with Gasteiger partial charge >= 0.3 is 18.2 Å². The highest BCUT2D eigenvalue weighted by Crippen LogP contribution is 2.30. The van der Waals surface area contributed by atoms with Crippen LogP contribution < -0.4 is 4.74 Å². The number of hydrogen-bond donors (Lipinski definition) is 1. The van der Waals surface area contributed by atoms with E-state index in [0.29, 0.717) is 12.3 Å². The molecule has 1 N–H and O–H groups in total. The number of nitriles is 1. The Morgan fingerprint density at radius 2 is 1.83 bits per heavy atom. The van der Waals surface area contributed by atoms with Crippen molar-refractivity contribution in [3.8, 4) is 12.1 Å². The second-order valence-corrected chi connectivity index (χ2v) is 7.98. The van der Waals surface area contributed by atoms with E-state index in [1.807, 2.05) is 42.5 Å². The second-order valence-electron chi connectivity index (χ2n) is 6.92. The molecule has 1 atom stereocenters. The molecule has 8 nitrogen and oxygen atoms in total. The molecular weight excluding hydrogens is 483 g/mol. The number of aliphatic carboxylic acids is 1. The van der Waals surface area contributed by atoms with Gasteiger partial charge in [-0.25, -0.2) is 14.8 Å². The highest BCUT2D eigenvalue weighted by atomic mass is 32.1. The van der Waals surface area contributed by atoms with Crippen LogP contribution in [-0.2, 0) is 11.2 Å². The maximum Gasteiger partial charge on any atom is 0.490 e. The summed E-state index contributed by atoms with van der Waals surface area (Å²) in [5, 5.41) is 17.5. The minimum absolute atomic E-state index is 0.278. The number of aromatic nitrogens is 4.